The van der Waals surface area contributed by atoms with Gasteiger partial charge in [-0.05, 0) is 59.2 Å². The molecule has 2 nitrogen and oxygen atoms in total. The zero-order valence-corrected chi connectivity index (χ0v) is 9.08. The van der Waals surface area contributed by atoms with Gasteiger partial charge in [-0.15, -0.1) is 0 Å². The molecular formula is C14H16O2. The van der Waals surface area contributed by atoms with Gasteiger partial charge >= 0.3 is 0 Å². The average molecular weight is 216 g/mol. The third-order valence-electron chi connectivity index (χ3n) is 9.03. The molecule has 0 heterocycles. The lowest BCUT2D eigenvalue weighted by Crippen LogP contribution is -2.26. The van der Waals surface area contributed by atoms with Crippen LogP contribution in [0.1, 0.15) is 0 Å². The molecule has 8 atom stereocenters. The van der Waals surface area contributed by atoms with Gasteiger partial charge in [-0.2, -0.15) is 0 Å². The van der Waals surface area contributed by atoms with E-state index in [9.17, 15) is 10.2 Å². The van der Waals surface area contributed by atoms with Crippen molar-refractivity contribution in [2.45, 2.75) is 0 Å². The number of hydrogen-bond donors (Lipinski definition) is 2. The molecule has 2 N–H and O–H groups in total. The first kappa shape index (κ1) is 7.38. The Bertz CT molecular complexity index is 409. The van der Waals surface area contributed by atoms with Crippen LogP contribution >= 0.6 is 0 Å². The van der Waals surface area contributed by atoms with Crippen LogP contribution in [0.2, 0.25) is 0 Å². The van der Waals surface area contributed by atoms with Crippen molar-refractivity contribution in [2.24, 2.45) is 70.0 Å². The Morgan fingerprint density at radius 2 is 0.875 bits per heavy atom. The van der Waals surface area contributed by atoms with E-state index in [0.717, 1.165) is 59.2 Å². The second kappa shape index (κ2) is 1.50. The Kier molecular flexibility index (Phi) is 0.691. The van der Waals surface area contributed by atoms with Crippen LogP contribution in [0, 0.1) is 70.0 Å². The predicted molar refractivity (Wildman–Crippen MR) is 53.9 cm³/mol. The van der Waals surface area contributed by atoms with Crippen LogP contribution in [0.4, 0.5) is 0 Å². The van der Waals surface area contributed by atoms with Crippen molar-refractivity contribution >= 4 is 0 Å². The third-order valence-corrected chi connectivity index (χ3v) is 9.03. The van der Waals surface area contributed by atoms with Gasteiger partial charge in [-0.1, -0.05) is 0 Å². The molecule has 8 aliphatic rings. The monoisotopic (exact) mass is 216 g/mol. The van der Waals surface area contributed by atoms with E-state index in [1.165, 1.54) is 0 Å². The van der Waals surface area contributed by atoms with E-state index in [1.807, 2.05) is 0 Å². The third kappa shape index (κ3) is 0.315. The van der Waals surface area contributed by atoms with E-state index in [0.29, 0.717) is 24.0 Å². The summed E-state index contributed by atoms with van der Waals surface area (Å²) in [6.45, 7) is 0.983. The van der Waals surface area contributed by atoms with Crippen LogP contribution in [0.3, 0.4) is 0 Å². The standard InChI is InChI=1S/C14H16O2/c15-1-13-7-3-5-8-6(10(13)9(5)13)4(7)12-11(3)14(8,12)2-16/h3-12,15-16H,1-2H2. The number of rotatable bonds is 2. The second-order valence-electron chi connectivity index (χ2n) is 8.01. The van der Waals surface area contributed by atoms with Crippen molar-refractivity contribution in [3.05, 3.63) is 0 Å². The molecule has 0 radical (unpaired) electrons. The second-order valence-corrected chi connectivity index (χ2v) is 8.01. The summed E-state index contributed by atoms with van der Waals surface area (Å²) >= 11 is 0. The van der Waals surface area contributed by atoms with Crippen molar-refractivity contribution in [3.8, 4) is 0 Å². The SMILES string of the molecule is OCC12C3C4C5C6C(C3C3C4C63CO)C1C52. The molecule has 8 aliphatic carbocycles. The fraction of sp³-hybridized carbons (Fsp3) is 1.00. The summed E-state index contributed by atoms with van der Waals surface area (Å²) in [5.41, 5.74) is 0.881. The topological polar surface area (TPSA) is 40.5 Å². The van der Waals surface area contributed by atoms with Gasteiger partial charge in [0, 0.05) is 24.0 Å². The van der Waals surface area contributed by atoms with Gasteiger partial charge in [0.05, 0.1) is 0 Å². The normalized spacial score (nSPS) is 93.4. The van der Waals surface area contributed by atoms with Crippen LogP contribution in [0.25, 0.3) is 0 Å². The highest BCUT2D eigenvalue weighted by Crippen LogP contribution is 3.07. The molecule has 0 saturated heterocycles. The van der Waals surface area contributed by atoms with Gasteiger partial charge < -0.3 is 10.2 Å². The molecular weight excluding hydrogens is 200 g/mol. The van der Waals surface area contributed by atoms with Crippen LogP contribution in [0.5, 0.6) is 0 Å². The Morgan fingerprint density at radius 3 is 1.12 bits per heavy atom. The van der Waals surface area contributed by atoms with E-state index in [-0.39, 0.29) is 0 Å². The highest BCUT2D eigenvalue weighted by molar-refractivity contribution is 5.52. The zero-order chi connectivity index (χ0) is 10.2. The van der Waals surface area contributed by atoms with E-state index < -0.39 is 0 Å². The Morgan fingerprint density at radius 1 is 0.562 bits per heavy atom. The maximum atomic E-state index is 9.83. The summed E-state index contributed by atoms with van der Waals surface area (Å²) < 4.78 is 0. The van der Waals surface area contributed by atoms with Crippen molar-refractivity contribution < 1.29 is 10.2 Å². The highest BCUT2D eigenvalue weighted by Gasteiger charge is 3.06. The molecule has 2 heteroatoms. The van der Waals surface area contributed by atoms with Gasteiger partial charge in [-0.25, -0.2) is 0 Å². The van der Waals surface area contributed by atoms with Gasteiger partial charge in [-0.3, -0.25) is 0 Å². The summed E-state index contributed by atoms with van der Waals surface area (Å²) in [4.78, 5) is 0. The molecule has 8 rings (SSSR count). The average Bonchev–Trinajstić information content (AvgIpc) is 2.74. The molecule has 0 amide bonds. The Balaban J connectivity index is 1.58. The Labute approximate surface area is 94.0 Å². The summed E-state index contributed by atoms with van der Waals surface area (Å²) in [5.74, 6) is 9.31. The minimum absolute atomic E-state index is 0.441. The first-order valence-corrected chi connectivity index (χ1v) is 7.07. The van der Waals surface area contributed by atoms with Crippen LogP contribution in [-0.4, -0.2) is 23.4 Å². The molecule has 0 bridgehead atoms. The minimum atomic E-state index is 0.441. The van der Waals surface area contributed by atoms with Gasteiger partial charge in [0.2, 0.25) is 0 Å². The van der Waals surface area contributed by atoms with E-state index in [4.69, 9.17) is 0 Å². The smallest absolute Gasteiger partial charge is 0.0496 e. The van der Waals surface area contributed by atoms with Crippen LogP contribution in [0.15, 0.2) is 0 Å². The first-order valence-electron chi connectivity index (χ1n) is 7.07. The molecule has 0 aromatic carbocycles. The molecule has 84 valence electrons. The number of aliphatic hydroxyl groups excluding tert-OH is 2. The van der Waals surface area contributed by atoms with E-state index in [2.05, 4.69) is 0 Å². The maximum absolute atomic E-state index is 9.83. The van der Waals surface area contributed by atoms with E-state index in [1.54, 1.807) is 0 Å². The molecule has 8 fully saturated rings. The zero-order valence-electron chi connectivity index (χ0n) is 9.08. The maximum Gasteiger partial charge on any atom is 0.0496 e. The highest BCUT2D eigenvalue weighted by atomic mass is 16.3. The van der Waals surface area contributed by atoms with Crippen LogP contribution < -0.4 is 0 Å². The lowest BCUT2D eigenvalue weighted by Gasteiger charge is -2.28. The van der Waals surface area contributed by atoms with Gasteiger partial charge in [0.1, 0.15) is 0 Å². The van der Waals surface area contributed by atoms with Crippen molar-refractivity contribution in [2.75, 3.05) is 13.2 Å². The summed E-state index contributed by atoms with van der Waals surface area (Å²) in [7, 11) is 0. The molecule has 0 aliphatic heterocycles. The molecule has 0 aromatic heterocycles. The van der Waals surface area contributed by atoms with Crippen molar-refractivity contribution in [1.82, 2.24) is 0 Å². The largest absolute Gasteiger partial charge is 0.396 e. The van der Waals surface area contributed by atoms with Gasteiger partial charge in [0.25, 0.3) is 0 Å². The number of aliphatic hydroxyl groups is 2. The van der Waals surface area contributed by atoms with E-state index >= 15 is 0 Å². The summed E-state index contributed by atoms with van der Waals surface area (Å²) in [6.07, 6.45) is 0. The molecule has 16 heavy (non-hydrogen) atoms. The lowest BCUT2D eigenvalue weighted by molar-refractivity contribution is 0.109. The predicted octanol–water partition coefficient (Wildman–Crippen LogP) is 0.201. The first-order chi connectivity index (χ1) is 7.85. The quantitative estimate of drug-likeness (QED) is 0.692. The fourth-order valence-electron chi connectivity index (χ4n) is 9.71. The van der Waals surface area contributed by atoms with Gasteiger partial charge in [0.15, 0.2) is 0 Å². The molecule has 8 saturated carbocycles. The lowest BCUT2D eigenvalue weighted by atomic mass is 9.76. The fourth-order valence-corrected chi connectivity index (χ4v) is 9.71. The molecule has 0 aromatic rings. The van der Waals surface area contributed by atoms with Crippen molar-refractivity contribution in [1.29, 1.82) is 0 Å². The number of hydrogen-bond acceptors (Lipinski definition) is 2. The van der Waals surface area contributed by atoms with Crippen molar-refractivity contribution in [3.63, 3.8) is 0 Å². The molecule has 0 spiro atoms. The summed E-state index contributed by atoms with van der Waals surface area (Å²) in [6, 6.07) is 0. The Hall–Kier alpha value is -0.0800. The molecule has 8 unspecified atom stereocenters. The summed E-state index contributed by atoms with van der Waals surface area (Å²) in [5, 5.41) is 19.7. The minimum Gasteiger partial charge on any atom is -0.396 e. The van der Waals surface area contributed by atoms with Crippen LogP contribution in [-0.2, 0) is 0 Å².